The molecular weight excluding hydrogens is 214 g/mol. The predicted octanol–water partition coefficient (Wildman–Crippen LogP) is 1.50. The van der Waals surface area contributed by atoms with Gasteiger partial charge in [-0.1, -0.05) is 11.6 Å². The van der Waals surface area contributed by atoms with E-state index in [1.807, 2.05) is 6.07 Å². The van der Waals surface area contributed by atoms with Gasteiger partial charge in [0.2, 0.25) is 0 Å². The highest BCUT2D eigenvalue weighted by molar-refractivity contribution is 6.29. The SMILES string of the molecule is Clc1cc(N2CC3CCC(C2)O3)cnn1. The van der Waals surface area contributed by atoms with Crippen LogP contribution in [-0.4, -0.2) is 35.5 Å². The van der Waals surface area contributed by atoms with Gasteiger partial charge in [-0.25, -0.2) is 0 Å². The van der Waals surface area contributed by atoms with Gasteiger partial charge >= 0.3 is 0 Å². The summed E-state index contributed by atoms with van der Waals surface area (Å²) in [7, 11) is 0. The Morgan fingerprint density at radius 3 is 2.73 bits per heavy atom. The van der Waals surface area contributed by atoms with Crippen LogP contribution in [0.3, 0.4) is 0 Å². The number of fused-ring (bicyclic) bond motifs is 2. The van der Waals surface area contributed by atoms with E-state index in [1.165, 1.54) is 12.8 Å². The number of anilines is 1. The van der Waals surface area contributed by atoms with Crippen LogP contribution in [0.1, 0.15) is 12.8 Å². The summed E-state index contributed by atoms with van der Waals surface area (Å²) < 4.78 is 5.77. The maximum atomic E-state index is 5.82. The van der Waals surface area contributed by atoms with Crippen LogP contribution in [0.5, 0.6) is 0 Å². The molecule has 1 aromatic heterocycles. The smallest absolute Gasteiger partial charge is 0.153 e. The summed E-state index contributed by atoms with van der Waals surface area (Å²) in [6.07, 6.45) is 4.88. The molecule has 0 aromatic carbocycles. The Balaban J connectivity index is 1.83. The van der Waals surface area contributed by atoms with Crippen molar-refractivity contribution in [2.45, 2.75) is 25.0 Å². The van der Waals surface area contributed by atoms with Crippen LogP contribution in [0.15, 0.2) is 12.3 Å². The number of rotatable bonds is 1. The van der Waals surface area contributed by atoms with E-state index in [0.717, 1.165) is 18.8 Å². The van der Waals surface area contributed by atoms with Crippen LogP contribution in [0.2, 0.25) is 5.15 Å². The Morgan fingerprint density at radius 1 is 1.33 bits per heavy atom. The second-order valence-corrected chi connectivity index (χ2v) is 4.49. The maximum Gasteiger partial charge on any atom is 0.153 e. The lowest BCUT2D eigenvalue weighted by Gasteiger charge is -2.33. The van der Waals surface area contributed by atoms with Gasteiger partial charge in [0.15, 0.2) is 5.15 Å². The summed E-state index contributed by atoms with van der Waals surface area (Å²) in [5.74, 6) is 0. The van der Waals surface area contributed by atoms with Gasteiger partial charge in [-0.3, -0.25) is 0 Å². The Bertz CT molecular complexity index is 361. The fourth-order valence-electron chi connectivity index (χ4n) is 2.33. The van der Waals surface area contributed by atoms with Crippen LogP contribution in [0, 0.1) is 0 Å². The van der Waals surface area contributed by atoms with Gasteiger partial charge in [-0.05, 0) is 12.8 Å². The third-order valence-corrected chi connectivity index (χ3v) is 3.20. The van der Waals surface area contributed by atoms with Gasteiger partial charge in [-0.15, -0.1) is 5.10 Å². The zero-order valence-corrected chi connectivity index (χ0v) is 9.02. The molecular formula is C10H12ClN3O. The highest BCUT2D eigenvalue weighted by atomic mass is 35.5. The third-order valence-electron chi connectivity index (χ3n) is 3.02. The first-order chi connectivity index (χ1) is 7.31. The molecule has 80 valence electrons. The van der Waals surface area contributed by atoms with Crippen molar-refractivity contribution in [3.8, 4) is 0 Å². The van der Waals surface area contributed by atoms with E-state index >= 15 is 0 Å². The summed E-state index contributed by atoms with van der Waals surface area (Å²) in [6.45, 7) is 1.89. The molecule has 3 rings (SSSR count). The third kappa shape index (κ3) is 1.79. The number of morpholine rings is 1. The van der Waals surface area contributed by atoms with Crippen molar-refractivity contribution in [1.82, 2.24) is 10.2 Å². The molecule has 2 unspecified atom stereocenters. The molecule has 0 aliphatic carbocycles. The zero-order chi connectivity index (χ0) is 10.3. The van der Waals surface area contributed by atoms with Crippen LogP contribution in [-0.2, 0) is 4.74 Å². The summed E-state index contributed by atoms with van der Waals surface area (Å²) in [5.41, 5.74) is 1.05. The van der Waals surface area contributed by atoms with Crippen LogP contribution in [0.25, 0.3) is 0 Å². The highest BCUT2D eigenvalue weighted by Gasteiger charge is 2.33. The number of hydrogen-bond donors (Lipinski definition) is 0. The van der Waals surface area contributed by atoms with Crippen LogP contribution < -0.4 is 4.90 Å². The molecule has 0 radical (unpaired) electrons. The van der Waals surface area contributed by atoms with Crippen molar-refractivity contribution in [3.05, 3.63) is 17.4 Å². The van der Waals surface area contributed by atoms with Crippen molar-refractivity contribution in [2.75, 3.05) is 18.0 Å². The lowest BCUT2D eigenvalue weighted by atomic mass is 10.2. The number of nitrogens with zero attached hydrogens (tertiary/aromatic N) is 3. The highest BCUT2D eigenvalue weighted by Crippen LogP contribution is 2.29. The molecule has 2 atom stereocenters. The number of hydrogen-bond acceptors (Lipinski definition) is 4. The molecule has 0 amide bonds. The molecule has 2 fully saturated rings. The lowest BCUT2D eigenvalue weighted by molar-refractivity contribution is 0.0304. The van der Waals surface area contributed by atoms with Gasteiger partial charge < -0.3 is 9.64 Å². The van der Waals surface area contributed by atoms with Gasteiger partial charge in [0, 0.05) is 19.2 Å². The molecule has 15 heavy (non-hydrogen) atoms. The molecule has 0 N–H and O–H groups in total. The normalized spacial score (nSPS) is 29.5. The summed E-state index contributed by atoms with van der Waals surface area (Å²) in [4.78, 5) is 2.28. The molecule has 2 aliphatic heterocycles. The Morgan fingerprint density at radius 2 is 2.07 bits per heavy atom. The van der Waals surface area contributed by atoms with E-state index in [-0.39, 0.29) is 0 Å². The van der Waals surface area contributed by atoms with E-state index in [1.54, 1.807) is 6.20 Å². The summed E-state index contributed by atoms with van der Waals surface area (Å²) in [5, 5.41) is 8.06. The quantitative estimate of drug-likeness (QED) is 0.726. The predicted molar refractivity (Wildman–Crippen MR) is 57.2 cm³/mol. The zero-order valence-electron chi connectivity index (χ0n) is 8.27. The molecule has 3 heterocycles. The summed E-state index contributed by atoms with van der Waals surface area (Å²) >= 11 is 5.82. The average Bonchev–Trinajstić information content (AvgIpc) is 2.58. The van der Waals surface area contributed by atoms with Crippen LogP contribution in [0.4, 0.5) is 5.69 Å². The molecule has 2 aliphatic rings. The topological polar surface area (TPSA) is 38.2 Å². The monoisotopic (exact) mass is 225 g/mol. The minimum absolute atomic E-state index is 0.385. The van der Waals surface area contributed by atoms with Crippen molar-refractivity contribution >= 4 is 17.3 Å². The molecule has 5 heteroatoms. The van der Waals surface area contributed by atoms with Crippen molar-refractivity contribution in [3.63, 3.8) is 0 Å². The van der Waals surface area contributed by atoms with E-state index in [9.17, 15) is 0 Å². The number of ether oxygens (including phenoxy) is 1. The molecule has 0 spiro atoms. The van der Waals surface area contributed by atoms with Gasteiger partial charge in [0.1, 0.15) is 0 Å². The molecule has 2 saturated heterocycles. The molecule has 1 aromatic rings. The van der Waals surface area contributed by atoms with E-state index < -0.39 is 0 Å². The Labute approximate surface area is 93.2 Å². The maximum absolute atomic E-state index is 5.82. The van der Waals surface area contributed by atoms with Crippen molar-refractivity contribution in [1.29, 1.82) is 0 Å². The fraction of sp³-hybridized carbons (Fsp3) is 0.600. The average molecular weight is 226 g/mol. The van der Waals surface area contributed by atoms with Crippen molar-refractivity contribution < 1.29 is 4.74 Å². The molecule has 4 nitrogen and oxygen atoms in total. The van der Waals surface area contributed by atoms with Crippen LogP contribution >= 0.6 is 11.6 Å². The fourth-order valence-corrected chi connectivity index (χ4v) is 2.49. The minimum atomic E-state index is 0.385. The van der Waals surface area contributed by atoms with Crippen molar-refractivity contribution in [2.24, 2.45) is 0 Å². The largest absolute Gasteiger partial charge is 0.371 e. The first-order valence-electron chi connectivity index (χ1n) is 5.20. The second-order valence-electron chi connectivity index (χ2n) is 4.10. The summed E-state index contributed by atoms with van der Waals surface area (Å²) in [6, 6.07) is 1.86. The molecule has 2 bridgehead atoms. The Kier molecular flexibility index (Phi) is 2.25. The van der Waals surface area contributed by atoms with E-state index in [4.69, 9.17) is 16.3 Å². The molecule has 0 saturated carbocycles. The number of aromatic nitrogens is 2. The van der Waals surface area contributed by atoms with Gasteiger partial charge in [0.25, 0.3) is 0 Å². The first-order valence-corrected chi connectivity index (χ1v) is 5.58. The van der Waals surface area contributed by atoms with Gasteiger partial charge in [-0.2, -0.15) is 5.10 Å². The van der Waals surface area contributed by atoms with E-state index in [2.05, 4.69) is 15.1 Å². The standard InChI is InChI=1S/C10H12ClN3O/c11-10-3-7(4-12-13-10)14-5-8-1-2-9(6-14)15-8/h3-4,8-9H,1-2,5-6H2. The first kappa shape index (κ1) is 9.36. The Hall–Kier alpha value is -0.870. The lowest BCUT2D eigenvalue weighted by Crippen LogP contribution is -2.42. The minimum Gasteiger partial charge on any atom is -0.371 e. The van der Waals surface area contributed by atoms with Gasteiger partial charge in [0.05, 0.1) is 24.1 Å². The number of halogens is 1. The second kappa shape index (κ2) is 3.61. The van der Waals surface area contributed by atoms with E-state index in [0.29, 0.717) is 17.4 Å².